The van der Waals surface area contributed by atoms with Crippen LogP contribution in [0.2, 0.25) is 0 Å². The third-order valence-electron chi connectivity index (χ3n) is 5.94. The summed E-state index contributed by atoms with van der Waals surface area (Å²) in [6.07, 6.45) is 1.57. The number of rotatable bonds is 5. The Hall–Kier alpha value is -2.90. The van der Waals surface area contributed by atoms with Crippen molar-refractivity contribution in [3.63, 3.8) is 0 Å². The Labute approximate surface area is 183 Å². The van der Waals surface area contributed by atoms with E-state index in [1.165, 1.54) is 0 Å². The van der Waals surface area contributed by atoms with Gasteiger partial charge < -0.3 is 20.4 Å². The number of hydrogen-bond donors (Lipinski definition) is 2. The van der Waals surface area contributed by atoms with E-state index < -0.39 is 0 Å². The third kappa shape index (κ3) is 5.83. The summed E-state index contributed by atoms with van der Waals surface area (Å²) in [6.45, 7) is 7.39. The maximum absolute atomic E-state index is 12.6. The monoisotopic (exact) mass is 428 g/mol. The summed E-state index contributed by atoms with van der Waals surface area (Å²) < 4.78 is 0. The van der Waals surface area contributed by atoms with Gasteiger partial charge in [0.1, 0.15) is 0 Å². The normalized spacial score (nSPS) is 20.0. The molecule has 4 amide bonds. The molecule has 1 unspecified atom stereocenters. The molecule has 2 saturated heterocycles. The summed E-state index contributed by atoms with van der Waals surface area (Å²) in [6, 6.07) is 8.78. The van der Waals surface area contributed by atoms with E-state index in [1.54, 1.807) is 34.1 Å². The number of hydrogen-bond acceptors (Lipinski definition) is 4. The number of amides is 4. The fourth-order valence-electron chi connectivity index (χ4n) is 4.08. The van der Waals surface area contributed by atoms with Gasteiger partial charge in [0.05, 0.1) is 12.5 Å². The molecule has 0 bridgehead atoms. The average Bonchev–Trinajstić information content (AvgIpc) is 3.15. The molecule has 2 aliphatic rings. The molecule has 168 valence electrons. The van der Waals surface area contributed by atoms with E-state index in [9.17, 15) is 19.2 Å². The fraction of sp³-hybridized carbons (Fsp3) is 0.565. The van der Waals surface area contributed by atoms with Crippen LogP contribution in [-0.2, 0) is 14.4 Å². The van der Waals surface area contributed by atoms with Crippen molar-refractivity contribution >= 4 is 23.6 Å². The molecule has 8 heteroatoms. The zero-order valence-corrected chi connectivity index (χ0v) is 18.5. The lowest BCUT2D eigenvalue weighted by Crippen LogP contribution is -2.50. The first kappa shape index (κ1) is 22.8. The summed E-state index contributed by atoms with van der Waals surface area (Å²) in [5.41, 5.74) is 0.237. The number of likely N-dealkylation sites (tertiary alicyclic amines) is 2. The Morgan fingerprint density at radius 3 is 2.29 bits per heavy atom. The molecule has 8 nitrogen and oxygen atoms in total. The Kier molecular flexibility index (Phi) is 6.97. The van der Waals surface area contributed by atoms with Gasteiger partial charge in [0.15, 0.2) is 0 Å². The smallest absolute Gasteiger partial charge is 0.251 e. The van der Waals surface area contributed by atoms with E-state index in [0.29, 0.717) is 38.0 Å². The fourth-order valence-corrected chi connectivity index (χ4v) is 4.08. The van der Waals surface area contributed by atoms with E-state index in [1.807, 2.05) is 26.8 Å². The van der Waals surface area contributed by atoms with Crippen LogP contribution in [0.15, 0.2) is 30.3 Å². The van der Waals surface area contributed by atoms with Gasteiger partial charge in [-0.05, 0) is 45.7 Å². The Morgan fingerprint density at radius 2 is 1.71 bits per heavy atom. The van der Waals surface area contributed by atoms with Gasteiger partial charge in [-0.25, -0.2) is 0 Å². The molecule has 0 aliphatic carbocycles. The van der Waals surface area contributed by atoms with Crippen LogP contribution in [0.3, 0.4) is 0 Å². The third-order valence-corrected chi connectivity index (χ3v) is 5.94. The number of benzene rings is 1. The van der Waals surface area contributed by atoms with Crippen LogP contribution in [0.5, 0.6) is 0 Å². The van der Waals surface area contributed by atoms with E-state index in [0.717, 1.165) is 0 Å². The Balaban J connectivity index is 1.40. The summed E-state index contributed by atoms with van der Waals surface area (Å²) in [7, 11) is 0. The van der Waals surface area contributed by atoms with Gasteiger partial charge in [0.2, 0.25) is 17.7 Å². The van der Waals surface area contributed by atoms with Crippen LogP contribution in [-0.4, -0.2) is 71.2 Å². The summed E-state index contributed by atoms with van der Waals surface area (Å²) >= 11 is 0. The Morgan fingerprint density at radius 1 is 1.06 bits per heavy atom. The molecule has 2 aliphatic heterocycles. The average molecular weight is 429 g/mol. The molecule has 2 fully saturated rings. The van der Waals surface area contributed by atoms with Gasteiger partial charge in [-0.15, -0.1) is 0 Å². The molecule has 1 aromatic rings. The minimum Gasteiger partial charge on any atom is -0.353 e. The SMILES string of the molecule is CC(C)(C)N1CC(C(=O)NC2CCN(C(=O)CNC(=O)c3ccccc3)CC2)CC1=O. The molecule has 0 aromatic heterocycles. The van der Waals surface area contributed by atoms with Crippen LogP contribution in [0.25, 0.3) is 0 Å². The van der Waals surface area contributed by atoms with E-state index in [2.05, 4.69) is 10.6 Å². The van der Waals surface area contributed by atoms with Gasteiger partial charge in [-0.1, -0.05) is 18.2 Å². The largest absolute Gasteiger partial charge is 0.353 e. The standard InChI is InChI=1S/C23H32N4O4/c1-23(2,3)27-15-17(13-19(27)28)22(31)25-18-9-11-26(12-10-18)20(29)14-24-21(30)16-7-5-4-6-8-16/h4-8,17-18H,9-15H2,1-3H3,(H,24,30)(H,25,31). The van der Waals surface area contributed by atoms with E-state index in [4.69, 9.17) is 0 Å². The van der Waals surface area contributed by atoms with Crippen LogP contribution < -0.4 is 10.6 Å². The van der Waals surface area contributed by atoms with Gasteiger partial charge in [0.25, 0.3) is 5.91 Å². The molecule has 1 aromatic carbocycles. The second kappa shape index (κ2) is 9.49. The number of carbonyl (C=O) groups is 4. The van der Waals surface area contributed by atoms with Crippen molar-refractivity contribution in [1.29, 1.82) is 0 Å². The molecule has 0 spiro atoms. The zero-order chi connectivity index (χ0) is 22.6. The van der Waals surface area contributed by atoms with Gasteiger partial charge in [0, 0.05) is 43.2 Å². The molecule has 2 N–H and O–H groups in total. The second-order valence-electron chi connectivity index (χ2n) is 9.29. The number of piperidine rings is 1. The lowest BCUT2D eigenvalue weighted by molar-refractivity contribution is -0.133. The summed E-state index contributed by atoms with van der Waals surface area (Å²) in [4.78, 5) is 52.8. The molecule has 0 saturated carbocycles. The first-order valence-corrected chi connectivity index (χ1v) is 10.9. The highest BCUT2D eigenvalue weighted by Gasteiger charge is 2.40. The quantitative estimate of drug-likeness (QED) is 0.736. The highest BCUT2D eigenvalue weighted by molar-refractivity contribution is 5.96. The maximum Gasteiger partial charge on any atom is 0.251 e. The van der Waals surface area contributed by atoms with Gasteiger partial charge in [-0.2, -0.15) is 0 Å². The predicted octanol–water partition coefficient (Wildman–Crippen LogP) is 1.17. The highest BCUT2D eigenvalue weighted by Crippen LogP contribution is 2.26. The molecule has 0 radical (unpaired) electrons. The van der Waals surface area contributed by atoms with Crippen molar-refractivity contribution in [1.82, 2.24) is 20.4 Å². The second-order valence-corrected chi connectivity index (χ2v) is 9.29. The van der Waals surface area contributed by atoms with Crippen molar-refractivity contribution in [3.8, 4) is 0 Å². The topological polar surface area (TPSA) is 98.8 Å². The lowest BCUT2D eigenvalue weighted by atomic mass is 10.0. The first-order chi connectivity index (χ1) is 14.6. The molecular formula is C23H32N4O4. The van der Waals surface area contributed by atoms with Gasteiger partial charge >= 0.3 is 0 Å². The molecular weight excluding hydrogens is 396 g/mol. The van der Waals surface area contributed by atoms with E-state index in [-0.39, 0.29) is 54.1 Å². The Bertz CT molecular complexity index is 826. The molecule has 1 atom stereocenters. The molecule has 2 heterocycles. The van der Waals surface area contributed by atoms with Crippen LogP contribution in [0.4, 0.5) is 0 Å². The van der Waals surface area contributed by atoms with Crippen LogP contribution >= 0.6 is 0 Å². The minimum absolute atomic E-state index is 0.00533. The van der Waals surface area contributed by atoms with Crippen molar-refractivity contribution in [2.45, 2.75) is 51.6 Å². The van der Waals surface area contributed by atoms with Crippen molar-refractivity contribution in [2.75, 3.05) is 26.2 Å². The molecule has 31 heavy (non-hydrogen) atoms. The van der Waals surface area contributed by atoms with Crippen molar-refractivity contribution in [2.24, 2.45) is 5.92 Å². The predicted molar refractivity (Wildman–Crippen MR) is 116 cm³/mol. The number of nitrogens with one attached hydrogen (secondary N) is 2. The van der Waals surface area contributed by atoms with E-state index >= 15 is 0 Å². The minimum atomic E-state index is -0.320. The van der Waals surface area contributed by atoms with Crippen LogP contribution in [0.1, 0.15) is 50.4 Å². The maximum atomic E-state index is 12.6. The molecule has 3 rings (SSSR count). The summed E-state index contributed by atoms with van der Waals surface area (Å²) in [5.74, 6) is -0.784. The lowest BCUT2D eigenvalue weighted by Gasteiger charge is -2.33. The summed E-state index contributed by atoms with van der Waals surface area (Å²) in [5, 5.41) is 5.72. The highest BCUT2D eigenvalue weighted by atomic mass is 16.2. The number of nitrogens with zero attached hydrogens (tertiary/aromatic N) is 2. The van der Waals surface area contributed by atoms with Gasteiger partial charge in [-0.3, -0.25) is 19.2 Å². The van der Waals surface area contributed by atoms with Crippen molar-refractivity contribution < 1.29 is 19.2 Å². The van der Waals surface area contributed by atoms with Crippen molar-refractivity contribution in [3.05, 3.63) is 35.9 Å². The van der Waals surface area contributed by atoms with Crippen LogP contribution in [0, 0.1) is 5.92 Å². The zero-order valence-electron chi connectivity index (χ0n) is 18.5. The first-order valence-electron chi connectivity index (χ1n) is 10.9. The number of carbonyl (C=O) groups excluding carboxylic acids is 4.